The standard InChI is InChI=1S/C15H15F2N3O3/c1-9(10-3-4-11(16)12(17)7-10)18-13(21)8-20-6-5-14(22)19(2)15(20)23/h3-7,9H,8H2,1-2H3,(H,18,21). The topological polar surface area (TPSA) is 73.1 Å². The number of amides is 1. The van der Waals surface area contributed by atoms with Gasteiger partial charge >= 0.3 is 5.69 Å². The number of carbonyl (C=O) groups is 1. The fourth-order valence-electron chi connectivity index (χ4n) is 2.04. The molecule has 1 aromatic carbocycles. The quantitative estimate of drug-likeness (QED) is 0.900. The summed E-state index contributed by atoms with van der Waals surface area (Å²) in [6, 6.07) is 3.94. The summed E-state index contributed by atoms with van der Waals surface area (Å²) in [5.74, 6) is -2.47. The zero-order chi connectivity index (χ0) is 17.1. The number of aromatic nitrogens is 2. The largest absolute Gasteiger partial charge is 0.348 e. The van der Waals surface area contributed by atoms with Crippen LogP contribution >= 0.6 is 0 Å². The van der Waals surface area contributed by atoms with E-state index in [-0.39, 0.29) is 6.54 Å². The molecule has 0 saturated heterocycles. The van der Waals surface area contributed by atoms with Crippen LogP contribution in [0.1, 0.15) is 18.5 Å². The molecule has 122 valence electrons. The Morgan fingerprint density at radius 3 is 2.57 bits per heavy atom. The van der Waals surface area contributed by atoms with E-state index < -0.39 is 34.8 Å². The van der Waals surface area contributed by atoms with Gasteiger partial charge in [-0.3, -0.25) is 18.7 Å². The lowest BCUT2D eigenvalue weighted by atomic mass is 10.1. The minimum Gasteiger partial charge on any atom is -0.348 e. The van der Waals surface area contributed by atoms with E-state index in [0.29, 0.717) is 5.56 Å². The van der Waals surface area contributed by atoms with Gasteiger partial charge in [0, 0.05) is 19.3 Å². The van der Waals surface area contributed by atoms with Crippen LogP contribution in [0, 0.1) is 11.6 Å². The number of halogens is 2. The van der Waals surface area contributed by atoms with Crippen LogP contribution in [0.3, 0.4) is 0 Å². The maximum atomic E-state index is 13.2. The molecule has 1 amide bonds. The maximum absolute atomic E-state index is 13.2. The number of nitrogens with zero attached hydrogens (tertiary/aromatic N) is 2. The Morgan fingerprint density at radius 2 is 1.91 bits per heavy atom. The first-order valence-corrected chi connectivity index (χ1v) is 6.80. The Labute approximate surface area is 130 Å². The second-order valence-corrected chi connectivity index (χ2v) is 5.09. The monoisotopic (exact) mass is 323 g/mol. The van der Waals surface area contributed by atoms with Gasteiger partial charge in [-0.1, -0.05) is 6.07 Å². The van der Waals surface area contributed by atoms with E-state index in [0.717, 1.165) is 21.3 Å². The van der Waals surface area contributed by atoms with E-state index in [1.54, 1.807) is 6.92 Å². The molecule has 23 heavy (non-hydrogen) atoms. The molecule has 0 fully saturated rings. The van der Waals surface area contributed by atoms with Gasteiger partial charge in [0.05, 0.1) is 6.04 Å². The number of nitrogens with one attached hydrogen (secondary N) is 1. The van der Waals surface area contributed by atoms with Crippen molar-refractivity contribution in [1.29, 1.82) is 0 Å². The van der Waals surface area contributed by atoms with Gasteiger partial charge in [0.15, 0.2) is 11.6 Å². The predicted octanol–water partition coefficient (Wildman–Crippen LogP) is 0.703. The Hall–Kier alpha value is -2.77. The number of carbonyl (C=O) groups excluding carboxylic acids is 1. The molecule has 0 aliphatic heterocycles. The highest BCUT2D eigenvalue weighted by Crippen LogP contribution is 2.15. The lowest BCUT2D eigenvalue weighted by Crippen LogP contribution is -2.40. The minimum absolute atomic E-state index is 0.291. The van der Waals surface area contributed by atoms with Gasteiger partial charge in [0.25, 0.3) is 5.56 Å². The third kappa shape index (κ3) is 3.71. The first kappa shape index (κ1) is 16.6. The number of hydrogen-bond acceptors (Lipinski definition) is 3. The molecule has 0 bridgehead atoms. The van der Waals surface area contributed by atoms with Crippen LogP contribution in [0.25, 0.3) is 0 Å². The van der Waals surface area contributed by atoms with Crippen molar-refractivity contribution in [2.75, 3.05) is 0 Å². The van der Waals surface area contributed by atoms with E-state index in [4.69, 9.17) is 0 Å². The van der Waals surface area contributed by atoms with E-state index in [2.05, 4.69) is 5.32 Å². The van der Waals surface area contributed by atoms with Crippen molar-refractivity contribution in [2.45, 2.75) is 19.5 Å². The van der Waals surface area contributed by atoms with Gasteiger partial charge in [0.2, 0.25) is 5.91 Å². The van der Waals surface area contributed by atoms with E-state index in [9.17, 15) is 23.2 Å². The molecule has 1 atom stereocenters. The highest BCUT2D eigenvalue weighted by Gasteiger charge is 2.13. The third-order valence-corrected chi connectivity index (χ3v) is 3.40. The highest BCUT2D eigenvalue weighted by atomic mass is 19.2. The van der Waals surface area contributed by atoms with Crippen molar-refractivity contribution in [2.24, 2.45) is 7.05 Å². The lowest BCUT2D eigenvalue weighted by molar-refractivity contribution is -0.122. The zero-order valence-electron chi connectivity index (χ0n) is 12.5. The molecule has 8 heteroatoms. The minimum atomic E-state index is -1.00. The van der Waals surface area contributed by atoms with E-state index >= 15 is 0 Å². The first-order valence-electron chi connectivity index (χ1n) is 6.80. The van der Waals surface area contributed by atoms with Crippen LogP contribution < -0.4 is 16.6 Å². The van der Waals surface area contributed by atoms with Gasteiger partial charge in [0.1, 0.15) is 6.54 Å². The fourth-order valence-corrected chi connectivity index (χ4v) is 2.04. The van der Waals surface area contributed by atoms with Crippen molar-refractivity contribution in [1.82, 2.24) is 14.5 Å². The predicted molar refractivity (Wildman–Crippen MR) is 78.9 cm³/mol. The Kier molecular flexibility index (Phi) is 4.73. The van der Waals surface area contributed by atoms with Crippen LogP contribution in [-0.2, 0) is 18.4 Å². The molecule has 0 spiro atoms. The summed E-state index contributed by atoms with van der Waals surface area (Å²) < 4.78 is 28.1. The Morgan fingerprint density at radius 1 is 1.22 bits per heavy atom. The van der Waals surface area contributed by atoms with Crippen molar-refractivity contribution in [3.05, 3.63) is 68.5 Å². The molecule has 6 nitrogen and oxygen atoms in total. The number of hydrogen-bond donors (Lipinski definition) is 1. The molecule has 1 N–H and O–H groups in total. The van der Waals surface area contributed by atoms with Crippen molar-refractivity contribution < 1.29 is 13.6 Å². The lowest BCUT2D eigenvalue weighted by Gasteiger charge is -2.15. The van der Waals surface area contributed by atoms with Crippen molar-refractivity contribution in [3.63, 3.8) is 0 Å². The SMILES string of the molecule is CC(NC(=O)Cn1ccc(=O)n(C)c1=O)c1ccc(F)c(F)c1. The second-order valence-electron chi connectivity index (χ2n) is 5.09. The third-order valence-electron chi connectivity index (χ3n) is 3.40. The molecular formula is C15H15F2N3O3. The Bertz CT molecular complexity index is 858. The Balaban J connectivity index is 2.10. The van der Waals surface area contributed by atoms with Gasteiger partial charge in [-0.25, -0.2) is 13.6 Å². The summed E-state index contributed by atoms with van der Waals surface area (Å²) >= 11 is 0. The van der Waals surface area contributed by atoms with Crippen LogP contribution in [0.2, 0.25) is 0 Å². The molecule has 0 radical (unpaired) electrons. The summed E-state index contributed by atoms with van der Waals surface area (Å²) in [5.41, 5.74) is -0.694. The van der Waals surface area contributed by atoms with Crippen molar-refractivity contribution >= 4 is 5.91 Å². The van der Waals surface area contributed by atoms with Gasteiger partial charge < -0.3 is 5.32 Å². The van der Waals surface area contributed by atoms with Crippen LogP contribution in [-0.4, -0.2) is 15.0 Å². The summed E-state index contributed by atoms with van der Waals surface area (Å²) in [4.78, 5) is 35.1. The van der Waals surface area contributed by atoms with E-state index in [1.807, 2.05) is 0 Å². The molecular weight excluding hydrogens is 308 g/mol. The smallest absolute Gasteiger partial charge is 0.331 e. The maximum Gasteiger partial charge on any atom is 0.331 e. The van der Waals surface area contributed by atoms with E-state index in [1.165, 1.54) is 25.4 Å². The summed E-state index contributed by atoms with van der Waals surface area (Å²) in [6.45, 7) is 1.31. The molecule has 0 saturated carbocycles. The molecule has 1 unspecified atom stereocenters. The molecule has 1 aromatic heterocycles. The van der Waals surface area contributed by atoms with Gasteiger partial charge in [-0.15, -0.1) is 0 Å². The van der Waals surface area contributed by atoms with Gasteiger partial charge in [-0.05, 0) is 24.6 Å². The summed E-state index contributed by atoms with van der Waals surface area (Å²) in [6.07, 6.45) is 1.23. The molecule has 1 heterocycles. The zero-order valence-corrected chi connectivity index (χ0v) is 12.5. The van der Waals surface area contributed by atoms with Crippen LogP contribution in [0.15, 0.2) is 40.1 Å². The molecule has 2 aromatic rings. The molecule has 0 aliphatic carbocycles. The van der Waals surface area contributed by atoms with Crippen LogP contribution in [0.4, 0.5) is 8.78 Å². The molecule has 0 aliphatic rings. The van der Waals surface area contributed by atoms with Crippen molar-refractivity contribution in [3.8, 4) is 0 Å². The number of benzene rings is 1. The normalized spacial score (nSPS) is 12.0. The summed E-state index contributed by atoms with van der Waals surface area (Å²) in [5, 5.41) is 2.58. The number of rotatable bonds is 4. The summed E-state index contributed by atoms with van der Waals surface area (Å²) in [7, 11) is 1.31. The fraction of sp³-hybridized carbons (Fsp3) is 0.267. The highest BCUT2D eigenvalue weighted by molar-refractivity contribution is 5.76. The second kappa shape index (κ2) is 6.55. The van der Waals surface area contributed by atoms with Crippen LogP contribution in [0.5, 0.6) is 0 Å². The molecule has 2 rings (SSSR count). The first-order chi connectivity index (χ1) is 10.8. The average Bonchev–Trinajstić information content (AvgIpc) is 2.50. The van der Waals surface area contributed by atoms with Gasteiger partial charge in [-0.2, -0.15) is 0 Å². The average molecular weight is 323 g/mol.